The van der Waals surface area contributed by atoms with Gasteiger partial charge in [0.2, 0.25) is 0 Å². The van der Waals surface area contributed by atoms with Gasteiger partial charge in [0.1, 0.15) is 5.54 Å². The Morgan fingerprint density at radius 3 is 2.55 bits per heavy atom. The van der Waals surface area contributed by atoms with E-state index in [-0.39, 0.29) is 13.2 Å². The zero-order chi connectivity index (χ0) is 14.8. The van der Waals surface area contributed by atoms with Gasteiger partial charge in [0.05, 0.1) is 0 Å². The average Bonchev–Trinajstić information content (AvgIpc) is 2.69. The number of benzene rings is 1. The summed E-state index contributed by atoms with van der Waals surface area (Å²) >= 11 is 0. The van der Waals surface area contributed by atoms with Crippen molar-refractivity contribution in [1.29, 1.82) is 0 Å². The lowest BCUT2D eigenvalue weighted by Gasteiger charge is -2.22. The molecule has 6 heteroatoms. The van der Waals surface area contributed by atoms with Crippen LogP contribution < -0.4 is 5.32 Å². The number of nitrogens with one attached hydrogen (secondary N) is 1. The molecule has 0 spiro atoms. The van der Waals surface area contributed by atoms with Crippen LogP contribution in [-0.4, -0.2) is 29.5 Å². The first-order chi connectivity index (χ1) is 9.49. The Hall–Kier alpha value is -2.37. The molecule has 0 saturated carbocycles. The largest absolute Gasteiger partial charge is 0.444 e. The third kappa shape index (κ3) is 2.36. The van der Waals surface area contributed by atoms with Gasteiger partial charge in [-0.15, -0.1) is 0 Å². The quantitative estimate of drug-likeness (QED) is 0.665. The molecule has 0 aromatic heterocycles. The van der Waals surface area contributed by atoms with Crippen molar-refractivity contribution in [3.8, 4) is 0 Å². The Balaban J connectivity index is 2.18. The maximum absolute atomic E-state index is 12.4. The second kappa shape index (κ2) is 5.32. The number of rotatable bonds is 4. The van der Waals surface area contributed by atoms with Crippen LogP contribution in [0, 0.1) is 0 Å². The number of ether oxygens (including phenoxy) is 1. The molecular formula is C14H16N2O4. The summed E-state index contributed by atoms with van der Waals surface area (Å²) in [6.45, 7) is 2.91. The van der Waals surface area contributed by atoms with E-state index in [2.05, 4.69) is 5.32 Å². The van der Waals surface area contributed by atoms with Gasteiger partial charge in [0, 0.05) is 6.42 Å². The molecule has 106 valence electrons. The second-order valence-corrected chi connectivity index (χ2v) is 4.65. The molecule has 1 aliphatic heterocycles. The van der Waals surface area contributed by atoms with E-state index in [1.807, 2.05) is 6.07 Å². The number of imide groups is 1. The third-order valence-corrected chi connectivity index (χ3v) is 3.27. The number of hydrogen-bond donors (Lipinski definition) is 1. The Morgan fingerprint density at radius 2 is 1.95 bits per heavy atom. The van der Waals surface area contributed by atoms with Gasteiger partial charge in [-0.3, -0.25) is 9.59 Å². The molecule has 1 fully saturated rings. The van der Waals surface area contributed by atoms with Crippen molar-refractivity contribution in [2.75, 3.05) is 6.73 Å². The van der Waals surface area contributed by atoms with Crippen LogP contribution in [0.25, 0.3) is 0 Å². The number of nitrogens with zero attached hydrogens (tertiary/aromatic N) is 1. The number of hydrogen-bond acceptors (Lipinski definition) is 4. The smallest absolute Gasteiger partial charge is 0.328 e. The minimum Gasteiger partial charge on any atom is -0.444 e. The van der Waals surface area contributed by atoms with Crippen LogP contribution in [0.1, 0.15) is 25.8 Å². The number of carbonyl (C=O) groups is 3. The van der Waals surface area contributed by atoms with Gasteiger partial charge in [-0.1, -0.05) is 37.3 Å². The summed E-state index contributed by atoms with van der Waals surface area (Å²) in [5, 5.41) is 2.63. The van der Waals surface area contributed by atoms with Gasteiger partial charge in [-0.25, -0.2) is 9.69 Å². The first-order valence-corrected chi connectivity index (χ1v) is 6.34. The lowest BCUT2D eigenvalue weighted by Crippen LogP contribution is -2.41. The predicted octanol–water partition coefficient (Wildman–Crippen LogP) is 1.36. The molecule has 6 nitrogen and oxygen atoms in total. The Labute approximate surface area is 116 Å². The molecule has 1 atom stereocenters. The molecule has 1 N–H and O–H groups in total. The van der Waals surface area contributed by atoms with Crippen LogP contribution in [0.4, 0.5) is 4.79 Å². The molecule has 0 aliphatic carbocycles. The van der Waals surface area contributed by atoms with Crippen LogP contribution in [0.2, 0.25) is 0 Å². The Bertz CT molecular complexity index is 543. The molecule has 0 radical (unpaired) electrons. The SMILES string of the molecule is CCC(=O)OCN1C(=O)N[C@@](C)(c2ccccc2)C1=O. The van der Waals surface area contributed by atoms with Gasteiger partial charge in [-0.05, 0) is 12.5 Å². The highest BCUT2D eigenvalue weighted by Gasteiger charge is 2.49. The minimum atomic E-state index is -1.13. The summed E-state index contributed by atoms with van der Waals surface area (Å²) in [7, 11) is 0. The van der Waals surface area contributed by atoms with Gasteiger partial charge in [-0.2, -0.15) is 0 Å². The maximum atomic E-state index is 12.4. The molecule has 0 unspecified atom stereocenters. The van der Waals surface area contributed by atoms with Crippen molar-refractivity contribution in [1.82, 2.24) is 10.2 Å². The first kappa shape index (κ1) is 14.0. The van der Waals surface area contributed by atoms with Crippen molar-refractivity contribution >= 4 is 17.9 Å². The number of esters is 1. The molecule has 1 aromatic rings. The molecule has 20 heavy (non-hydrogen) atoms. The van der Waals surface area contributed by atoms with E-state index in [4.69, 9.17) is 4.74 Å². The van der Waals surface area contributed by atoms with E-state index < -0.39 is 23.4 Å². The molecule has 2 rings (SSSR count). The maximum Gasteiger partial charge on any atom is 0.328 e. The third-order valence-electron chi connectivity index (χ3n) is 3.27. The Kier molecular flexibility index (Phi) is 3.74. The van der Waals surface area contributed by atoms with Crippen molar-refractivity contribution in [2.45, 2.75) is 25.8 Å². The molecular weight excluding hydrogens is 260 g/mol. The van der Waals surface area contributed by atoms with E-state index in [1.54, 1.807) is 38.1 Å². The molecule has 3 amide bonds. The van der Waals surface area contributed by atoms with E-state index >= 15 is 0 Å². The van der Waals surface area contributed by atoms with E-state index in [0.29, 0.717) is 5.56 Å². The summed E-state index contributed by atoms with van der Waals surface area (Å²) in [4.78, 5) is 36.3. The van der Waals surface area contributed by atoms with Crippen molar-refractivity contribution < 1.29 is 19.1 Å². The zero-order valence-electron chi connectivity index (χ0n) is 11.4. The Morgan fingerprint density at radius 1 is 1.30 bits per heavy atom. The fourth-order valence-electron chi connectivity index (χ4n) is 2.02. The van der Waals surface area contributed by atoms with E-state index in [9.17, 15) is 14.4 Å². The zero-order valence-corrected chi connectivity index (χ0v) is 11.4. The van der Waals surface area contributed by atoms with Crippen LogP contribution in [0.3, 0.4) is 0 Å². The highest BCUT2D eigenvalue weighted by Crippen LogP contribution is 2.28. The second-order valence-electron chi connectivity index (χ2n) is 4.65. The van der Waals surface area contributed by atoms with E-state index in [0.717, 1.165) is 4.90 Å². The van der Waals surface area contributed by atoms with Gasteiger partial charge in [0.15, 0.2) is 6.73 Å². The summed E-state index contributed by atoms with van der Waals surface area (Å²) in [5.74, 6) is -0.892. The summed E-state index contributed by atoms with van der Waals surface area (Å²) in [6.07, 6.45) is 0.194. The fourth-order valence-corrected chi connectivity index (χ4v) is 2.02. The van der Waals surface area contributed by atoms with Crippen LogP contribution in [-0.2, 0) is 19.9 Å². The summed E-state index contributed by atoms with van der Waals surface area (Å²) in [5.41, 5.74) is -0.445. The molecule has 1 saturated heterocycles. The number of urea groups is 1. The average molecular weight is 276 g/mol. The van der Waals surface area contributed by atoms with Crippen LogP contribution in [0.5, 0.6) is 0 Å². The standard InChI is InChI=1S/C14H16N2O4/c1-3-11(17)20-9-16-12(18)14(2,15-13(16)19)10-7-5-4-6-8-10/h4-8H,3,9H2,1-2H3,(H,15,19)/t14-/m0/s1. The van der Waals surface area contributed by atoms with Gasteiger partial charge >= 0.3 is 12.0 Å². The molecule has 0 bridgehead atoms. The summed E-state index contributed by atoms with van der Waals surface area (Å²) in [6, 6.07) is 8.37. The van der Waals surface area contributed by atoms with E-state index in [1.165, 1.54) is 0 Å². The summed E-state index contributed by atoms with van der Waals surface area (Å²) < 4.78 is 4.85. The highest BCUT2D eigenvalue weighted by atomic mass is 16.5. The monoisotopic (exact) mass is 276 g/mol. The van der Waals surface area contributed by atoms with Crippen molar-refractivity contribution in [3.63, 3.8) is 0 Å². The fraction of sp³-hybridized carbons (Fsp3) is 0.357. The van der Waals surface area contributed by atoms with Crippen LogP contribution in [0.15, 0.2) is 30.3 Å². The normalized spacial score (nSPS) is 21.8. The lowest BCUT2D eigenvalue weighted by molar-refractivity contribution is -0.150. The topological polar surface area (TPSA) is 75.7 Å². The minimum absolute atomic E-state index is 0.194. The molecule has 1 heterocycles. The van der Waals surface area contributed by atoms with Crippen molar-refractivity contribution in [2.24, 2.45) is 0 Å². The van der Waals surface area contributed by atoms with Gasteiger partial charge in [0.25, 0.3) is 5.91 Å². The van der Waals surface area contributed by atoms with Crippen LogP contribution >= 0.6 is 0 Å². The van der Waals surface area contributed by atoms with Gasteiger partial charge < -0.3 is 10.1 Å². The highest BCUT2D eigenvalue weighted by molar-refractivity contribution is 6.07. The predicted molar refractivity (Wildman–Crippen MR) is 70.4 cm³/mol. The number of amides is 3. The first-order valence-electron chi connectivity index (χ1n) is 6.34. The number of carbonyl (C=O) groups excluding carboxylic acids is 3. The lowest BCUT2D eigenvalue weighted by atomic mass is 9.92. The van der Waals surface area contributed by atoms with Crippen molar-refractivity contribution in [3.05, 3.63) is 35.9 Å². The molecule has 1 aliphatic rings. The molecule has 1 aromatic carbocycles.